The van der Waals surface area contributed by atoms with E-state index in [-0.39, 0.29) is 12.0 Å². The maximum absolute atomic E-state index is 9.63. The summed E-state index contributed by atoms with van der Waals surface area (Å²) < 4.78 is 2.09. The highest BCUT2D eigenvalue weighted by Gasteiger charge is 2.25. The summed E-state index contributed by atoms with van der Waals surface area (Å²) in [5, 5.41) is 22.1. The molecule has 1 aliphatic rings. The summed E-state index contributed by atoms with van der Waals surface area (Å²) in [5.74, 6) is 1.88. The lowest BCUT2D eigenvalue weighted by Gasteiger charge is -2.22. The Hall–Kier alpha value is -3.76. The molecule has 4 aromatic rings. The normalized spacial score (nSPS) is 13.8. The standard InChI is InChI=1S/C26H26N6O/c1-26(2,15-33)14-32-16-29-22-10-19(5-6-23(22)32)21-11-20(18-3-4-18)12-25(30-21)31-24-9-17(13-27)7-8-28-24/h5-12,16,18,33H,3-4,14-15H2,1-2H3,(H,28,30,31). The lowest BCUT2D eigenvalue weighted by molar-refractivity contribution is 0.142. The van der Waals surface area contributed by atoms with Crippen LogP contribution in [0.25, 0.3) is 22.3 Å². The largest absolute Gasteiger partial charge is 0.396 e. The number of fused-ring (bicyclic) bond motifs is 1. The molecule has 0 amide bonds. The number of nitriles is 1. The molecule has 0 spiro atoms. The number of aliphatic hydroxyl groups excluding tert-OH is 1. The Morgan fingerprint density at radius 1 is 1.12 bits per heavy atom. The Bertz CT molecular complexity index is 1360. The summed E-state index contributed by atoms with van der Waals surface area (Å²) in [6.07, 6.45) is 5.83. The van der Waals surface area contributed by atoms with Gasteiger partial charge in [-0.25, -0.2) is 15.0 Å². The highest BCUT2D eigenvalue weighted by atomic mass is 16.3. The van der Waals surface area contributed by atoms with E-state index in [2.05, 4.69) is 56.3 Å². The van der Waals surface area contributed by atoms with Crippen LogP contribution in [0.1, 0.15) is 43.7 Å². The maximum Gasteiger partial charge on any atom is 0.132 e. The first kappa shape index (κ1) is 21.1. The van der Waals surface area contributed by atoms with Crippen molar-refractivity contribution in [3.8, 4) is 17.3 Å². The van der Waals surface area contributed by atoms with Crippen LogP contribution in [0.2, 0.25) is 0 Å². The number of aliphatic hydroxyl groups is 1. The van der Waals surface area contributed by atoms with Gasteiger partial charge in [0.15, 0.2) is 0 Å². The zero-order valence-corrected chi connectivity index (χ0v) is 18.8. The minimum Gasteiger partial charge on any atom is -0.396 e. The molecule has 7 heteroatoms. The van der Waals surface area contributed by atoms with Gasteiger partial charge in [-0.3, -0.25) is 0 Å². The van der Waals surface area contributed by atoms with E-state index >= 15 is 0 Å². The predicted octanol–water partition coefficient (Wildman–Crippen LogP) is 5.00. The molecule has 7 nitrogen and oxygen atoms in total. The van der Waals surface area contributed by atoms with Crippen molar-refractivity contribution in [1.29, 1.82) is 5.26 Å². The van der Waals surface area contributed by atoms with E-state index in [1.54, 1.807) is 18.3 Å². The molecule has 1 fully saturated rings. The van der Waals surface area contributed by atoms with Gasteiger partial charge in [0.2, 0.25) is 0 Å². The van der Waals surface area contributed by atoms with E-state index in [0.29, 0.717) is 29.7 Å². The predicted molar refractivity (Wildman–Crippen MR) is 128 cm³/mol. The molecule has 1 aromatic carbocycles. The molecule has 0 atom stereocenters. The first-order chi connectivity index (χ1) is 15.9. The maximum atomic E-state index is 9.63. The van der Waals surface area contributed by atoms with Crippen molar-refractivity contribution in [3.05, 3.63) is 66.1 Å². The molecule has 1 saturated carbocycles. The highest BCUT2D eigenvalue weighted by Crippen LogP contribution is 2.42. The average Bonchev–Trinajstić information content (AvgIpc) is 3.61. The van der Waals surface area contributed by atoms with E-state index in [1.165, 1.54) is 18.4 Å². The van der Waals surface area contributed by atoms with Crippen molar-refractivity contribution in [1.82, 2.24) is 19.5 Å². The monoisotopic (exact) mass is 438 g/mol. The van der Waals surface area contributed by atoms with E-state index in [4.69, 9.17) is 10.2 Å². The van der Waals surface area contributed by atoms with E-state index < -0.39 is 0 Å². The molecule has 0 bridgehead atoms. The quantitative estimate of drug-likeness (QED) is 0.421. The van der Waals surface area contributed by atoms with Crippen molar-refractivity contribution in [2.75, 3.05) is 11.9 Å². The van der Waals surface area contributed by atoms with Gasteiger partial charge >= 0.3 is 0 Å². The second-order valence-electron chi connectivity index (χ2n) is 9.51. The fourth-order valence-corrected chi connectivity index (χ4v) is 3.98. The van der Waals surface area contributed by atoms with Crippen LogP contribution in [0.3, 0.4) is 0 Å². The Labute approximate surface area is 192 Å². The van der Waals surface area contributed by atoms with Crippen LogP contribution in [0.4, 0.5) is 11.6 Å². The number of aromatic nitrogens is 4. The van der Waals surface area contributed by atoms with Gasteiger partial charge in [0, 0.05) is 30.3 Å². The van der Waals surface area contributed by atoms with E-state index in [1.807, 2.05) is 20.2 Å². The number of nitrogens with one attached hydrogen (secondary N) is 1. The van der Waals surface area contributed by atoms with Crippen LogP contribution in [0.5, 0.6) is 0 Å². The van der Waals surface area contributed by atoms with Crippen LogP contribution < -0.4 is 5.32 Å². The van der Waals surface area contributed by atoms with Crippen LogP contribution >= 0.6 is 0 Å². The smallest absolute Gasteiger partial charge is 0.132 e. The van der Waals surface area contributed by atoms with Gasteiger partial charge in [-0.05, 0) is 60.7 Å². The molecule has 1 aliphatic carbocycles. The molecule has 3 heterocycles. The summed E-state index contributed by atoms with van der Waals surface area (Å²) in [6, 6.07) is 16.0. The molecule has 5 rings (SSSR count). The van der Waals surface area contributed by atoms with Crippen molar-refractivity contribution >= 4 is 22.7 Å². The van der Waals surface area contributed by atoms with Gasteiger partial charge in [0.25, 0.3) is 0 Å². The van der Waals surface area contributed by atoms with Crippen molar-refractivity contribution in [2.24, 2.45) is 5.41 Å². The van der Waals surface area contributed by atoms with E-state index in [0.717, 1.165) is 22.3 Å². The SMILES string of the molecule is CC(C)(CO)Cn1cnc2cc(-c3cc(C4CC4)cc(Nc4cc(C#N)ccn4)n3)ccc21. The van der Waals surface area contributed by atoms with Gasteiger partial charge < -0.3 is 15.0 Å². The summed E-state index contributed by atoms with van der Waals surface area (Å²) in [4.78, 5) is 13.8. The third-order valence-electron chi connectivity index (χ3n) is 5.98. The third kappa shape index (κ3) is 4.57. The van der Waals surface area contributed by atoms with Crippen LogP contribution in [-0.2, 0) is 6.54 Å². The fourth-order valence-electron chi connectivity index (χ4n) is 3.98. The fraction of sp³-hybridized carbons (Fsp3) is 0.308. The summed E-state index contributed by atoms with van der Waals surface area (Å²) in [7, 11) is 0. The summed E-state index contributed by atoms with van der Waals surface area (Å²) >= 11 is 0. The number of benzene rings is 1. The summed E-state index contributed by atoms with van der Waals surface area (Å²) in [5.41, 5.74) is 5.41. The average molecular weight is 439 g/mol. The molecule has 0 aliphatic heterocycles. The van der Waals surface area contributed by atoms with Crippen molar-refractivity contribution in [3.63, 3.8) is 0 Å². The van der Waals surface area contributed by atoms with Crippen LogP contribution in [-0.4, -0.2) is 31.2 Å². The van der Waals surface area contributed by atoms with Gasteiger partial charge in [0.1, 0.15) is 11.6 Å². The van der Waals surface area contributed by atoms with Crippen molar-refractivity contribution < 1.29 is 5.11 Å². The zero-order valence-electron chi connectivity index (χ0n) is 18.8. The molecule has 0 saturated heterocycles. The molecule has 3 aromatic heterocycles. The van der Waals surface area contributed by atoms with Crippen molar-refractivity contribution in [2.45, 2.75) is 39.2 Å². The Kier molecular flexibility index (Phi) is 5.31. The van der Waals surface area contributed by atoms with Gasteiger partial charge in [-0.2, -0.15) is 5.26 Å². The molecule has 2 N–H and O–H groups in total. The molecular formula is C26H26N6O. The van der Waals surface area contributed by atoms with E-state index in [9.17, 15) is 5.11 Å². The minimum atomic E-state index is -0.218. The number of hydrogen-bond acceptors (Lipinski definition) is 6. The van der Waals surface area contributed by atoms with Crippen LogP contribution in [0, 0.1) is 16.7 Å². The Morgan fingerprint density at radius 3 is 2.73 bits per heavy atom. The number of hydrogen-bond donors (Lipinski definition) is 2. The first-order valence-electron chi connectivity index (χ1n) is 11.2. The number of anilines is 2. The Morgan fingerprint density at radius 2 is 1.97 bits per heavy atom. The minimum absolute atomic E-state index is 0.116. The van der Waals surface area contributed by atoms with Gasteiger partial charge in [0.05, 0.1) is 34.7 Å². The van der Waals surface area contributed by atoms with Crippen LogP contribution in [0.15, 0.2) is 55.0 Å². The Balaban J connectivity index is 1.50. The number of nitrogens with zero attached hydrogens (tertiary/aromatic N) is 5. The molecule has 166 valence electrons. The lowest BCUT2D eigenvalue weighted by Crippen LogP contribution is -2.23. The number of pyridine rings is 2. The number of imidazole rings is 1. The zero-order chi connectivity index (χ0) is 23.0. The second-order valence-corrected chi connectivity index (χ2v) is 9.51. The first-order valence-corrected chi connectivity index (χ1v) is 11.2. The van der Waals surface area contributed by atoms with Gasteiger partial charge in [-0.15, -0.1) is 0 Å². The third-order valence-corrected chi connectivity index (χ3v) is 5.98. The molecular weight excluding hydrogens is 412 g/mol. The molecule has 33 heavy (non-hydrogen) atoms. The summed E-state index contributed by atoms with van der Waals surface area (Å²) in [6.45, 7) is 4.88. The number of rotatable bonds is 7. The van der Waals surface area contributed by atoms with Gasteiger partial charge in [-0.1, -0.05) is 19.9 Å². The topological polar surface area (TPSA) is 99.7 Å². The second kappa shape index (κ2) is 8.30. The lowest BCUT2D eigenvalue weighted by atomic mass is 9.95. The highest BCUT2D eigenvalue weighted by molar-refractivity contribution is 5.82. The molecule has 0 radical (unpaired) electrons. The molecule has 0 unspecified atom stereocenters.